The van der Waals surface area contributed by atoms with E-state index in [0.717, 1.165) is 58.0 Å². The average Bonchev–Trinajstić information content (AvgIpc) is 2.67. The highest BCUT2D eigenvalue weighted by Gasteiger charge is 2.34. The molecule has 3 aliphatic heterocycles. The van der Waals surface area contributed by atoms with E-state index < -0.39 is 0 Å². The highest BCUT2D eigenvalue weighted by molar-refractivity contribution is 5.79. The fourth-order valence-electron chi connectivity index (χ4n) is 5.37. The minimum Gasteiger partial charge on any atom is -0.340 e. The number of piperazine rings is 1. The van der Waals surface area contributed by atoms with Gasteiger partial charge in [-0.3, -0.25) is 14.6 Å². The van der Waals surface area contributed by atoms with Gasteiger partial charge in [-0.25, -0.2) is 0 Å². The molecule has 0 aromatic carbocycles. The van der Waals surface area contributed by atoms with Gasteiger partial charge in [-0.15, -0.1) is 0 Å². The van der Waals surface area contributed by atoms with Crippen LogP contribution in [0.4, 0.5) is 0 Å². The number of piperidine rings is 2. The first-order valence-electron chi connectivity index (χ1n) is 12.1. The first kappa shape index (κ1) is 23.0. The van der Waals surface area contributed by atoms with Crippen LogP contribution in [0.2, 0.25) is 0 Å². The monoisotopic (exact) mass is 406 g/mol. The highest BCUT2D eigenvalue weighted by atomic mass is 16.2. The molecule has 3 fully saturated rings. The number of rotatable bonds is 3. The molecule has 0 aromatic rings. The third-order valence-electron chi connectivity index (χ3n) is 7.56. The van der Waals surface area contributed by atoms with Crippen LogP contribution in [0.15, 0.2) is 0 Å². The van der Waals surface area contributed by atoms with Gasteiger partial charge < -0.3 is 9.80 Å². The van der Waals surface area contributed by atoms with Crippen molar-refractivity contribution in [3.8, 4) is 0 Å². The molecular formula is C24H46N4O. The Morgan fingerprint density at radius 2 is 1.17 bits per heavy atom. The third-order valence-corrected chi connectivity index (χ3v) is 7.56. The minimum atomic E-state index is 0.212. The summed E-state index contributed by atoms with van der Waals surface area (Å²) in [5, 5.41) is 0. The fourth-order valence-corrected chi connectivity index (χ4v) is 5.37. The van der Waals surface area contributed by atoms with E-state index in [9.17, 15) is 4.79 Å². The molecule has 0 aromatic heterocycles. The van der Waals surface area contributed by atoms with Crippen molar-refractivity contribution in [2.45, 2.75) is 78.3 Å². The zero-order chi connectivity index (χ0) is 21.2. The Labute approximate surface area is 179 Å². The first-order chi connectivity index (χ1) is 13.5. The number of carbonyl (C=O) groups excluding carboxylic acids is 1. The predicted octanol–water partition coefficient (Wildman–Crippen LogP) is 3.15. The molecule has 168 valence electrons. The van der Waals surface area contributed by atoms with Crippen molar-refractivity contribution < 1.29 is 4.79 Å². The zero-order valence-electron chi connectivity index (χ0n) is 20.0. The summed E-state index contributed by atoms with van der Waals surface area (Å²) in [6.45, 7) is 23.6. The Bertz CT molecular complexity index is 526. The zero-order valence-corrected chi connectivity index (χ0v) is 20.0. The molecule has 0 bridgehead atoms. The number of amides is 1. The van der Waals surface area contributed by atoms with Crippen molar-refractivity contribution in [3.63, 3.8) is 0 Å². The maximum Gasteiger partial charge on any atom is 0.225 e. The summed E-state index contributed by atoms with van der Waals surface area (Å²) in [5.74, 6) is 1.53. The molecule has 29 heavy (non-hydrogen) atoms. The standard InChI is InChI=1S/C24H46N4O/c1-23(2,3)27-13-7-20(8-14-27)19-25-11-9-21(10-12-25)22(29)26-15-17-28(18-16-26)24(4,5)6/h20-21H,7-19H2,1-6H3. The maximum absolute atomic E-state index is 13.0. The van der Waals surface area contributed by atoms with Crippen LogP contribution in [0.3, 0.4) is 0 Å². The van der Waals surface area contributed by atoms with Gasteiger partial charge in [0.2, 0.25) is 5.91 Å². The van der Waals surface area contributed by atoms with E-state index in [2.05, 4.69) is 61.1 Å². The Morgan fingerprint density at radius 1 is 0.690 bits per heavy atom. The SMILES string of the molecule is CC(C)(C)N1CCC(CN2CCC(C(=O)N3CCN(C(C)(C)C)CC3)CC2)CC1. The lowest BCUT2D eigenvalue weighted by atomic mass is 9.90. The number of likely N-dealkylation sites (tertiary alicyclic amines) is 2. The van der Waals surface area contributed by atoms with Gasteiger partial charge in [-0.1, -0.05) is 0 Å². The van der Waals surface area contributed by atoms with Crippen LogP contribution < -0.4 is 0 Å². The summed E-state index contributed by atoms with van der Waals surface area (Å²) in [5.41, 5.74) is 0.519. The van der Waals surface area contributed by atoms with Crippen molar-refractivity contribution >= 4 is 5.91 Å². The van der Waals surface area contributed by atoms with Crippen LogP contribution in [-0.2, 0) is 4.79 Å². The molecule has 3 rings (SSSR count). The highest BCUT2D eigenvalue weighted by Crippen LogP contribution is 2.27. The first-order valence-corrected chi connectivity index (χ1v) is 12.1. The smallest absolute Gasteiger partial charge is 0.225 e. The van der Waals surface area contributed by atoms with Crippen molar-refractivity contribution in [2.75, 3.05) is 58.9 Å². The largest absolute Gasteiger partial charge is 0.340 e. The van der Waals surface area contributed by atoms with Crippen molar-refractivity contribution in [1.29, 1.82) is 0 Å². The second-order valence-electron chi connectivity index (χ2n) is 11.7. The van der Waals surface area contributed by atoms with E-state index in [1.807, 2.05) is 0 Å². The van der Waals surface area contributed by atoms with Crippen LogP contribution in [-0.4, -0.2) is 95.5 Å². The average molecular weight is 407 g/mol. The summed E-state index contributed by atoms with van der Waals surface area (Å²) >= 11 is 0. The Hall–Kier alpha value is -0.650. The van der Waals surface area contributed by atoms with Gasteiger partial charge in [0.05, 0.1) is 0 Å². The maximum atomic E-state index is 13.0. The van der Waals surface area contributed by atoms with E-state index >= 15 is 0 Å². The summed E-state index contributed by atoms with van der Waals surface area (Å²) < 4.78 is 0. The van der Waals surface area contributed by atoms with E-state index in [4.69, 9.17) is 0 Å². The lowest BCUT2D eigenvalue weighted by molar-refractivity contribution is -0.139. The van der Waals surface area contributed by atoms with Gasteiger partial charge in [0.1, 0.15) is 0 Å². The number of hydrogen-bond acceptors (Lipinski definition) is 4. The molecule has 5 nitrogen and oxygen atoms in total. The lowest BCUT2D eigenvalue weighted by Crippen LogP contribution is -2.56. The van der Waals surface area contributed by atoms with Crippen LogP contribution in [0.5, 0.6) is 0 Å². The number of carbonyl (C=O) groups is 1. The van der Waals surface area contributed by atoms with Gasteiger partial charge in [0.25, 0.3) is 0 Å². The Balaban J connectivity index is 1.37. The summed E-state index contributed by atoms with van der Waals surface area (Å²) in [4.78, 5) is 22.9. The Morgan fingerprint density at radius 3 is 1.66 bits per heavy atom. The molecule has 3 aliphatic rings. The van der Waals surface area contributed by atoms with Crippen LogP contribution in [0, 0.1) is 11.8 Å². The lowest BCUT2D eigenvalue weighted by Gasteiger charge is -2.44. The van der Waals surface area contributed by atoms with Crippen LogP contribution in [0.25, 0.3) is 0 Å². The molecule has 3 heterocycles. The molecule has 0 atom stereocenters. The number of nitrogens with zero attached hydrogens (tertiary/aromatic N) is 4. The van der Waals surface area contributed by atoms with Crippen LogP contribution in [0.1, 0.15) is 67.2 Å². The fraction of sp³-hybridized carbons (Fsp3) is 0.958. The van der Waals surface area contributed by atoms with Gasteiger partial charge in [-0.05, 0) is 99.3 Å². The van der Waals surface area contributed by atoms with Gasteiger partial charge >= 0.3 is 0 Å². The normalized spacial score (nSPS) is 25.5. The minimum absolute atomic E-state index is 0.212. The molecule has 1 amide bonds. The molecule has 3 saturated heterocycles. The van der Waals surface area contributed by atoms with Crippen molar-refractivity contribution in [1.82, 2.24) is 19.6 Å². The summed E-state index contributed by atoms with van der Waals surface area (Å²) in [6, 6.07) is 0. The van der Waals surface area contributed by atoms with Crippen LogP contribution >= 0.6 is 0 Å². The molecule has 0 N–H and O–H groups in total. The second-order valence-corrected chi connectivity index (χ2v) is 11.7. The quantitative estimate of drug-likeness (QED) is 0.720. The van der Waals surface area contributed by atoms with Crippen molar-refractivity contribution in [2.24, 2.45) is 11.8 Å². The van der Waals surface area contributed by atoms with Gasteiger partial charge in [0.15, 0.2) is 0 Å². The molecular weight excluding hydrogens is 360 g/mol. The third kappa shape index (κ3) is 6.18. The number of hydrogen-bond donors (Lipinski definition) is 0. The molecule has 0 aliphatic carbocycles. The van der Waals surface area contributed by atoms with E-state index in [0.29, 0.717) is 11.4 Å². The second kappa shape index (κ2) is 9.23. The Kier molecular flexibility index (Phi) is 7.33. The van der Waals surface area contributed by atoms with Gasteiger partial charge in [0, 0.05) is 49.7 Å². The summed E-state index contributed by atoms with van der Waals surface area (Å²) in [6.07, 6.45) is 4.76. The molecule has 0 spiro atoms. The van der Waals surface area contributed by atoms with Crippen molar-refractivity contribution in [3.05, 3.63) is 0 Å². The topological polar surface area (TPSA) is 30.0 Å². The van der Waals surface area contributed by atoms with E-state index in [1.54, 1.807) is 0 Å². The predicted molar refractivity (Wildman–Crippen MR) is 121 cm³/mol. The summed E-state index contributed by atoms with van der Waals surface area (Å²) in [7, 11) is 0. The molecule has 0 unspecified atom stereocenters. The molecule has 5 heteroatoms. The molecule has 0 saturated carbocycles. The van der Waals surface area contributed by atoms with Gasteiger partial charge in [-0.2, -0.15) is 0 Å². The van der Waals surface area contributed by atoms with E-state index in [1.165, 1.54) is 32.5 Å². The van der Waals surface area contributed by atoms with E-state index in [-0.39, 0.29) is 11.5 Å². The molecule has 0 radical (unpaired) electrons.